The third-order valence-corrected chi connectivity index (χ3v) is 5.48. The Kier molecular flexibility index (Phi) is 4.07. The fourth-order valence-electron chi connectivity index (χ4n) is 4.42. The van der Waals surface area contributed by atoms with Gasteiger partial charge >= 0.3 is 0 Å². The molecular formula is C26H21F2NO. The summed E-state index contributed by atoms with van der Waals surface area (Å²) in [4.78, 5) is 0. The number of benzene rings is 3. The Labute approximate surface area is 174 Å². The smallest absolute Gasteiger partial charge is 0.138 e. The van der Waals surface area contributed by atoms with Gasteiger partial charge in [-0.1, -0.05) is 24.3 Å². The maximum Gasteiger partial charge on any atom is 0.138 e. The van der Waals surface area contributed by atoms with Crippen molar-refractivity contribution in [3.8, 4) is 16.9 Å². The Morgan fingerprint density at radius 1 is 0.900 bits per heavy atom. The number of hydrogen-bond acceptors (Lipinski definition) is 2. The SMILES string of the molecule is CC1=CC(C)(C)Nc2ccc3c(c21)/C(=C/c1cccc(F)c1)Oc1cc(F)ccc1-3. The van der Waals surface area contributed by atoms with Crippen LogP contribution in [-0.2, 0) is 0 Å². The highest BCUT2D eigenvalue weighted by molar-refractivity contribution is 6.00. The van der Waals surface area contributed by atoms with Crippen LogP contribution in [0.2, 0.25) is 0 Å². The molecule has 30 heavy (non-hydrogen) atoms. The first kappa shape index (κ1) is 18.6. The zero-order valence-corrected chi connectivity index (χ0v) is 17.0. The zero-order chi connectivity index (χ0) is 21.0. The molecule has 0 bridgehead atoms. The first-order chi connectivity index (χ1) is 14.3. The van der Waals surface area contributed by atoms with Gasteiger partial charge in [0.25, 0.3) is 0 Å². The van der Waals surface area contributed by atoms with E-state index in [4.69, 9.17) is 4.74 Å². The average Bonchev–Trinajstić information content (AvgIpc) is 2.66. The van der Waals surface area contributed by atoms with Crippen LogP contribution in [0.5, 0.6) is 5.75 Å². The van der Waals surface area contributed by atoms with Gasteiger partial charge in [-0.3, -0.25) is 0 Å². The van der Waals surface area contributed by atoms with Gasteiger partial charge in [0.05, 0.1) is 5.54 Å². The molecule has 0 saturated heterocycles. The Balaban J connectivity index is 1.80. The molecule has 2 nitrogen and oxygen atoms in total. The minimum absolute atomic E-state index is 0.172. The number of anilines is 1. The van der Waals surface area contributed by atoms with Crippen LogP contribution in [0.3, 0.4) is 0 Å². The fourth-order valence-corrected chi connectivity index (χ4v) is 4.42. The average molecular weight is 401 g/mol. The third-order valence-electron chi connectivity index (χ3n) is 5.48. The van der Waals surface area contributed by atoms with Crippen LogP contribution < -0.4 is 10.1 Å². The summed E-state index contributed by atoms with van der Waals surface area (Å²) in [5, 5.41) is 3.56. The highest BCUT2D eigenvalue weighted by atomic mass is 19.1. The maximum absolute atomic E-state index is 13.9. The molecule has 1 N–H and O–H groups in total. The Morgan fingerprint density at radius 2 is 1.67 bits per heavy atom. The summed E-state index contributed by atoms with van der Waals surface area (Å²) in [5.74, 6) is 0.344. The van der Waals surface area contributed by atoms with Crippen molar-refractivity contribution in [2.45, 2.75) is 26.3 Å². The molecule has 150 valence electrons. The van der Waals surface area contributed by atoms with Crippen molar-refractivity contribution in [2.24, 2.45) is 0 Å². The number of ether oxygens (including phenoxy) is 1. The molecule has 2 heterocycles. The minimum atomic E-state index is -0.361. The predicted octanol–water partition coefficient (Wildman–Crippen LogP) is 7.13. The molecule has 0 saturated carbocycles. The van der Waals surface area contributed by atoms with E-state index in [0.717, 1.165) is 33.5 Å². The van der Waals surface area contributed by atoms with Gasteiger partial charge in [-0.05, 0) is 73.9 Å². The lowest BCUT2D eigenvalue weighted by atomic mass is 9.83. The molecule has 0 spiro atoms. The Morgan fingerprint density at radius 3 is 2.47 bits per heavy atom. The molecule has 0 fully saturated rings. The second-order valence-electron chi connectivity index (χ2n) is 8.39. The monoisotopic (exact) mass is 401 g/mol. The molecule has 0 aliphatic carbocycles. The standard InChI is InChI=1S/C26H21F2NO/c1-15-14-26(2,3)29-21-10-9-20-19-8-7-18(28)13-22(19)30-23(25(20)24(15)21)12-16-5-4-6-17(27)11-16/h4-14,29H,1-3H3/b23-12-. The van der Waals surface area contributed by atoms with Crippen molar-refractivity contribution in [1.29, 1.82) is 0 Å². The molecule has 0 atom stereocenters. The molecule has 0 unspecified atom stereocenters. The lowest BCUT2D eigenvalue weighted by Crippen LogP contribution is -2.32. The third kappa shape index (κ3) is 3.09. The normalized spacial score (nSPS) is 17.2. The molecule has 0 radical (unpaired) electrons. The van der Waals surface area contributed by atoms with E-state index in [2.05, 4.69) is 38.2 Å². The lowest BCUT2D eigenvalue weighted by Gasteiger charge is -2.35. The van der Waals surface area contributed by atoms with Crippen LogP contribution in [0.4, 0.5) is 14.5 Å². The van der Waals surface area contributed by atoms with Crippen molar-refractivity contribution >= 4 is 23.1 Å². The van der Waals surface area contributed by atoms with Crippen molar-refractivity contribution in [3.63, 3.8) is 0 Å². The van der Waals surface area contributed by atoms with Crippen molar-refractivity contribution < 1.29 is 13.5 Å². The van der Waals surface area contributed by atoms with Crippen LogP contribution in [0.15, 0.2) is 60.7 Å². The molecule has 0 amide bonds. The van der Waals surface area contributed by atoms with Gasteiger partial charge in [-0.25, -0.2) is 8.78 Å². The van der Waals surface area contributed by atoms with Gasteiger partial charge in [0.15, 0.2) is 0 Å². The van der Waals surface area contributed by atoms with Gasteiger partial charge < -0.3 is 10.1 Å². The topological polar surface area (TPSA) is 21.3 Å². The molecule has 3 aromatic rings. The van der Waals surface area contributed by atoms with E-state index in [9.17, 15) is 8.78 Å². The fraction of sp³-hybridized carbons (Fsp3) is 0.154. The van der Waals surface area contributed by atoms with E-state index in [1.54, 1.807) is 12.1 Å². The number of nitrogens with one attached hydrogen (secondary N) is 1. The van der Waals surface area contributed by atoms with Crippen LogP contribution in [0.1, 0.15) is 37.5 Å². The van der Waals surface area contributed by atoms with Crippen molar-refractivity contribution in [3.05, 3.63) is 89.0 Å². The Hall–Kier alpha value is -3.40. The van der Waals surface area contributed by atoms with Crippen LogP contribution in [0.25, 0.3) is 28.5 Å². The molecule has 2 aliphatic heterocycles. The lowest BCUT2D eigenvalue weighted by molar-refractivity contribution is 0.506. The summed E-state index contributed by atoms with van der Waals surface area (Å²) < 4.78 is 33.9. The first-order valence-electron chi connectivity index (χ1n) is 9.91. The second-order valence-corrected chi connectivity index (χ2v) is 8.39. The summed E-state index contributed by atoms with van der Waals surface area (Å²) in [6.45, 7) is 6.33. The van der Waals surface area contributed by atoms with Gasteiger partial charge in [-0.15, -0.1) is 0 Å². The van der Waals surface area contributed by atoms with Crippen molar-refractivity contribution in [2.75, 3.05) is 5.32 Å². The molecule has 5 rings (SSSR count). The molecule has 2 aliphatic rings. The number of halogens is 2. The van der Waals surface area contributed by atoms with Crippen LogP contribution >= 0.6 is 0 Å². The van der Waals surface area contributed by atoms with Crippen LogP contribution in [-0.4, -0.2) is 5.54 Å². The predicted molar refractivity (Wildman–Crippen MR) is 118 cm³/mol. The summed E-state index contributed by atoms with van der Waals surface area (Å²) in [5.41, 5.74) is 6.42. The summed E-state index contributed by atoms with van der Waals surface area (Å²) in [6.07, 6.45) is 4.00. The summed E-state index contributed by atoms with van der Waals surface area (Å²) in [6, 6.07) is 15.0. The minimum Gasteiger partial charge on any atom is -0.456 e. The summed E-state index contributed by atoms with van der Waals surface area (Å²) in [7, 11) is 0. The van der Waals surface area contributed by atoms with E-state index >= 15 is 0 Å². The number of fused-ring (bicyclic) bond motifs is 5. The maximum atomic E-state index is 13.9. The molecule has 0 aromatic heterocycles. The van der Waals surface area contributed by atoms with E-state index in [1.165, 1.54) is 24.3 Å². The van der Waals surface area contributed by atoms with Crippen LogP contribution in [0, 0.1) is 11.6 Å². The first-order valence-corrected chi connectivity index (χ1v) is 9.91. The quantitative estimate of drug-likeness (QED) is 0.468. The largest absolute Gasteiger partial charge is 0.456 e. The van der Waals surface area contributed by atoms with Gasteiger partial charge in [0, 0.05) is 28.4 Å². The van der Waals surface area contributed by atoms with E-state index < -0.39 is 0 Å². The van der Waals surface area contributed by atoms with Gasteiger partial charge in [0.2, 0.25) is 0 Å². The Bertz CT molecular complexity index is 1250. The van der Waals surface area contributed by atoms with Gasteiger partial charge in [-0.2, -0.15) is 0 Å². The van der Waals surface area contributed by atoms with E-state index in [0.29, 0.717) is 17.1 Å². The number of rotatable bonds is 1. The van der Waals surface area contributed by atoms with Gasteiger partial charge in [0.1, 0.15) is 23.1 Å². The van der Waals surface area contributed by atoms with Crippen molar-refractivity contribution in [1.82, 2.24) is 0 Å². The molecule has 4 heteroatoms. The number of allylic oxidation sites excluding steroid dienone is 1. The highest BCUT2D eigenvalue weighted by Gasteiger charge is 2.31. The van der Waals surface area contributed by atoms with E-state index in [-0.39, 0.29) is 17.2 Å². The summed E-state index contributed by atoms with van der Waals surface area (Å²) >= 11 is 0. The zero-order valence-electron chi connectivity index (χ0n) is 17.0. The van der Waals surface area contributed by atoms with E-state index in [1.807, 2.05) is 18.2 Å². The molecule has 3 aromatic carbocycles. The highest BCUT2D eigenvalue weighted by Crippen LogP contribution is 2.49. The molecular weight excluding hydrogens is 380 g/mol. The second kappa shape index (κ2) is 6.56. The number of hydrogen-bond donors (Lipinski definition) is 1.